The predicted octanol–water partition coefficient (Wildman–Crippen LogP) is 1.09. The van der Waals surface area contributed by atoms with Crippen molar-refractivity contribution in [3.8, 4) is 11.5 Å². The van der Waals surface area contributed by atoms with Gasteiger partial charge in [0.1, 0.15) is 17.2 Å². The van der Waals surface area contributed by atoms with Crippen LogP contribution in [0.4, 0.5) is 0 Å². The Morgan fingerprint density at radius 3 is 2.45 bits per heavy atom. The van der Waals surface area contributed by atoms with Gasteiger partial charge in [0.25, 0.3) is 0 Å². The molecule has 1 aromatic carbocycles. The van der Waals surface area contributed by atoms with Gasteiger partial charge in [-0.05, 0) is 12.1 Å². The van der Waals surface area contributed by atoms with Crippen molar-refractivity contribution in [2.75, 3.05) is 20.8 Å². The summed E-state index contributed by atoms with van der Waals surface area (Å²) in [4.78, 5) is 16.5. The predicted molar refractivity (Wildman–Crippen MR) is 74.3 cm³/mol. The van der Waals surface area contributed by atoms with Gasteiger partial charge in [0.2, 0.25) is 5.78 Å². The SMILES string of the molecule is COc1cc(OC)cc(C(=O)c2cn(CCN)cn2)c1. The zero-order valence-corrected chi connectivity index (χ0v) is 11.5. The molecule has 0 aliphatic carbocycles. The molecule has 0 fully saturated rings. The summed E-state index contributed by atoms with van der Waals surface area (Å²) in [6.07, 6.45) is 3.28. The molecule has 0 unspecified atom stereocenters. The highest BCUT2D eigenvalue weighted by molar-refractivity contribution is 6.08. The molecule has 2 rings (SSSR count). The van der Waals surface area contributed by atoms with E-state index >= 15 is 0 Å². The van der Waals surface area contributed by atoms with Gasteiger partial charge >= 0.3 is 0 Å². The summed E-state index contributed by atoms with van der Waals surface area (Å²) in [5, 5.41) is 0. The van der Waals surface area contributed by atoms with Crippen LogP contribution in [0.3, 0.4) is 0 Å². The van der Waals surface area contributed by atoms with Gasteiger partial charge < -0.3 is 19.8 Å². The van der Waals surface area contributed by atoms with Gasteiger partial charge in [-0.15, -0.1) is 0 Å². The number of nitrogens with zero attached hydrogens (tertiary/aromatic N) is 2. The minimum absolute atomic E-state index is 0.182. The third kappa shape index (κ3) is 2.97. The lowest BCUT2D eigenvalue weighted by Gasteiger charge is -2.06. The van der Waals surface area contributed by atoms with Crippen LogP contribution in [0.1, 0.15) is 16.1 Å². The lowest BCUT2D eigenvalue weighted by molar-refractivity contribution is 0.103. The molecular weight excluding hydrogens is 258 g/mol. The molecule has 1 aromatic heterocycles. The average Bonchev–Trinajstić information content (AvgIpc) is 2.94. The van der Waals surface area contributed by atoms with Gasteiger partial charge in [0.05, 0.1) is 20.5 Å². The van der Waals surface area contributed by atoms with Gasteiger partial charge in [-0.2, -0.15) is 0 Å². The maximum Gasteiger partial charge on any atom is 0.213 e. The Bertz CT molecular complexity index is 585. The molecule has 0 atom stereocenters. The van der Waals surface area contributed by atoms with Crippen LogP contribution in [0.25, 0.3) is 0 Å². The second-order valence-corrected chi connectivity index (χ2v) is 4.22. The van der Waals surface area contributed by atoms with Crippen molar-refractivity contribution in [2.45, 2.75) is 6.54 Å². The third-order valence-corrected chi connectivity index (χ3v) is 2.87. The number of hydrogen-bond donors (Lipinski definition) is 1. The fraction of sp³-hybridized carbons (Fsp3) is 0.286. The maximum atomic E-state index is 12.4. The van der Waals surface area contributed by atoms with E-state index in [1.54, 1.807) is 49.5 Å². The summed E-state index contributed by atoms with van der Waals surface area (Å²) in [6, 6.07) is 5.03. The topological polar surface area (TPSA) is 79.4 Å². The van der Waals surface area contributed by atoms with Crippen LogP contribution >= 0.6 is 0 Å². The molecule has 2 aromatic rings. The minimum Gasteiger partial charge on any atom is -0.497 e. The van der Waals surface area contributed by atoms with Crippen molar-refractivity contribution in [3.63, 3.8) is 0 Å². The molecule has 6 heteroatoms. The van der Waals surface area contributed by atoms with Crippen molar-refractivity contribution < 1.29 is 14.3 Å². The van der Waals surface area contributed by atoms with Crippen LogP contribution in [-0.4, -0.2) is 36.1 Å². The van der Waals surface area contributed by atoms with Crippen LogP contribution in [0.2, 0.25) is 0 Å². The highest BCUT2D eigenvalue weighted by atomic mass is 16.5. The first-order valence-electron chi connectivity index (χ1n) is 6.17. The number of rotatable bonds is 6. The molecule has 2 N–H and O–H groups in total. The average molecular weight is 275 g/mol. The summed E-state index contributed by atoms with van der Waals surface area (Å²) in [5.74, 6) is 0.946. The molecule has 0 aliphatic rings. The summed E-state index contributed by atoms with van der Waals surface area (Å²) in [5.41, 5.74) is 6.31. The molecule has 20 heavy (non-hydrogen) atoms. The van der Waals surface area contributed by atoms with Crippen molar-refractivity contribution in [1.82, 2.24) is 9.55 Å². The molecule has 106 valence electrons. The van der Waals surface area contributed by atoms with Crippen LogP contribution < -0.4 is 15.2 Å². The molecule has 0 aliphatic heterocycles. The minimum atomic E-state index is -0.182. The Morgan fingerprint density at radius 1 is 1.25 bits per heavy atom. The van der Waals surface area contributed by atoms with Gasteiger partial charge in [-0.1, -0.05) is 0 Å². The zero-order valence-electron chi connectivity index (χ0n) is 11.5. The highest BCUT2D eigenvalue weighted by Crippen LogP contribution is 2.23. The van der Waals surface area contributed by atoms with E-state index < -0.39 is 0 Å². The number of imidazole rings is 1. The van der Waals surface area contributed by atoms with Gasteiger partial charge in [-0.3, -0.25) is 4.79 Å². The number of nitrogens with two attached hydrogens (primary N) is 1. The molecule has 0 amide bonds. The highest BCUT2D eigenvalue weighted by Gasteiger charge is 2.14. The van der Waals surface area contributed by atoms with Crippen molar-refractivity contribution in [1.29, 1.82) is 0 Å². The molecule has 0 saturated carbocycles. The van der Waals surface area contributed by atoms with Crippen molar-refractivity contribution in [2.24, 2.45) is 5.73 Å². The fourth-order valence-electron chi connectivity index (χ4n) is 1.84. The molecule has 1 heterocycles. The molecule has 6 nitrogen and oxygen atoms in total. The number of carbonyl (C=O) groups is 1. The van der Waals surface area contributed by atoms with E-state index in [4.69, 9.17) is 15.2 Å². The van der Waals surface area contributed by atoms with Crippen LogP contribution in [0.15, 0.2) is 30.7 Å². The van der Waals surface area contributed by atoms with Crippen molar-refractivity contribution in [3.05, 3.63) is 42.0 Å². The molecule has 0 bridgehead atoms. The Balaban J connectivity index is 2.31. The van der Waals surface area contributed by atoms with Crippen LogP contribution in [-0.2, 0) is 6.54 Å². The van der Waals surface area contributed by atoms with E-state index in [1.165, 1.54) is 0 Å². The summed E-state index contributed by atoms with van der Waals surface area (Å²) < 4.78 is 12.1. The summed E-state index contributed by atoms with van der Waals surface area (Å²) in [7, 11) is 3.08. The molecule has 0 spiro atoms. The lowest BCUT2D eigenvalue weighted by atomic mass is 10.1. The maximum absolute atomic E-state index is 12.4. The Kier molecular flexibility index (Phi) is 4.37. The number of aromatic nitrogens is 2. The molecule has 0 radical (unpaired) electrons. The van der Waals surface area contributed by atoms with E-state index in [0.29, 0.717) is 35.8 Å². The number of ether oxygens (including phenoxy) is 2. The van der Waals surface area contributed by atoms with E-state index in [2.05, 4.69) is 4.98 Å². The number of carbonyl (C=O) groups excluding carboxylic acids is 1. The van der Waals surface area contributed by atoms with E-state index in [9.17, 15) is 4.79 Å². The number of hydrogen-bond acceptors (Lipinski definition) is 5. The largest absolute Gasteiger partial charge is 0.497 e. The smallest absolute Gasteiger partial charge is 0.213 e. The summed E-state index contributed by atoms with van der Waals surface area (Å²) >= 11 is 0. The second-order valence-electron chi connectivity index (χ2n) is 4.22. The van der Waals surface area contributed by atoms with Gasteiger partial charge in [0, 0.05) is 30.9 Å². The Labute approximate surface area is 117 Å². The third-order valence-electron chi connectivity index (χ3n) is 2.87. The Hall–Kier alpha value is -2.34. The van der Waals surface area contributed by atoms with E-state index in [-0.39, 0.29) is 5.78 Å². The normalized spacial score (nSPS) is 10.3. The van der Waals surface area contributed by atoms with E-state index in [1.807, 2.05) is 0 Å². The molecule has 0 saturated heterocycles. The first-order valence-corrected chi connectivity index (χ1v) is 6.17. The number of ketones is 1. The molecular formula is C14H17N3O3. The zero-order chi connectivity index (χ0) is 14.5. The fourth-order valence-corrected chi connectivity index (χ4v) is 1.84. The quantitative estimate of drug-likeness (QED) is 0.798. The number of methoxy groups -OCH3 is 2. The van der Waals surface area contributed by atoms with Crippen LogP contribution in [0, 0.1) is 0 Å². The van der Waals surface area contributed by atoms with Crippen LogP contribution in [0.5, 0.6) is 11.5 Å². The number of benzene rings is 1. The summed E-state index contributed by atoms with van der Waals surface area (Å²) in [6.45, 7) is 1.12. The second kappa shape index (κ2) is 6.21. The van der Waals surface area contributed by atoms with Gasteiger partial charge in [0.15, 0.2) is 0 Å². The first kappa shape index (κ1) is 14.1. The monoisotopic (exact) mass is 275 g/mol. The lowest BCUT2D eigenvalue weighted by Crippen LogP contribution is -2.08. The standard InChI is InChI=1S/C14H17N3O3/c1-19-11-5-10(6-12(7-11)20-2)14(18)13-8-17(4-3-15)9-16-13/h5-9H,3-4,15H2,1-2H3. The van der Waals surface area contributed by atoms with Crippen molar-refractivity contribution >= 4 is 5.78 Å². The Morgan fingerprint density at radius 2 is 1.90 bits per heavy atom. The first-order chi connectivity index (χ1) is 9.67. The van der Waals surface area contributed by atoms with E-state index in [0.717, 1.165) is 0 Å². The van der Waals surface area contributed by atoms with Gasteiger partial charge in [-0.25, -0.2) is 4.98 Å².